The number of hydrogen-bond acceptors (Lipinski definition) is 5. The zero-order valence-corrected chi connectivity index (χ0v) is 15.5. The molecule has 1 aromatic carbocycles. The molecule has 6 nitrogen and oxygen atoms in total. The average Bonchev–Trinajstić information content (AvgIpc) is 2.61. The number of aryl methyl sites for hydroxylation is 1. The summed E-state index contributed by atoms with van der Waals surface area (Å²) in [5, 5.41) is 3.25. The highest BCUT2D eigenvalue weighted by atomic mass is 16.5. The third kappa shape index (κ3) is 4.87. The van der Waals surface area contributed by atoms with E-state index in [1.165, 1.54) is 0 Å². The van der Waals surface area contributed by atoms with Crippen molar-refractivity contribution in [2.75, 3.05) is 32.1 Å². The Kier molecular flexibility index (Phi) is 6.67. The zero-order valence-electron chi connectivity index (χ0n) is 15.5. The molecule has 1 heterocycles. The van der Waals surface area contributed by atoms with E-state index in [9.17, 15) is 9.59 Å². The Balaban J connectivity index is 1.88. The van der Waals surface area contributed by atoms with Crippen LogP contribution in [-0.2, 0) is 14.3 Å². The minimum absolute atomic E-state index is 0.0516. The van der Waals surface area contributed by atoms with E-state index in [4.69, 9.17) is 9.47 Å². The van der Waals surface area contributed by atoms with Crippen LogP contribution in [0.3, 0.4) is 0 Å². The molecular weight excluding hydrogens is 320 g/mol. The predicted molar refractivity (Wildman–Crippen MR) is 96.8 cm³/mol. The van der Waals surface area contributed by atoms with Crippen LogP contribution >= 0.6 is 0 Å². The molecule has 1 aliphatic heterocycles. The average molecular weight is 348 g/mol. The lowest BCUT2D eigenvalue weighted by molar-refractivity contribution is -0.151. The molecule has 1 saturated heterocycles. The van der Waals surface area contributed by atoms with Crippen LogP contribution in [0.1, 0.15) is 32.3 Å². The van der Waals surface area contributed by atoms with Gasteiger partial charge in [-0.3, -0.25) is 9.59 Å². The lowest BCUT2D eigenvalue weighted by atomic mass is 9.96. The van der Waals surface area contributed by atoms with E-state index in [2.05, 4.69) is 5.32 Å². The fourth-order valence-electron chi connectivity index (χ4n) is 3.15. The number of amides is 1. The number of anilines is 1. The molecule has 138 valence electrons. The molecule has 0 aromatic heterocycles. The van der Waals surface area contributed by atoms with Crippen molar-refractivity contribution in [3.05, 3.63) is 23.8 Å². The second-order valence-electron chi connectivity index (χ2n) is 6.40. The van der Waals surface area contributed by atoms with E-state index >= 15 is 0 Å². The Hall–Kier alpha value is -2.24. The van der Waals surface area contributed by atoms with E-state index in [1.54, 1.807) is 7.11 Å². The number of rotatable bonds is 6. The van der Waals surface area contributed by atoms with Gasteiger partial charge in [0.25, 0.3) is 0 Å². The van der Waals surface area contributed by atoms with Crippen molar-refractivity contribution < 1.29 is 19.1 Å². The summed E-state index contributed by atoms with van der Waals surface area (Å²) < 4.78 is 10.3. The lowest BCUT2D eigenvalue weighted by Crippen LogP contribution is -2.46. The fourth-order valence-corrected chi connectivity index (χ4v) is 3.15. The summed E-state index contributed by atoms with van der Waals surface area (Å²) in [4.78, 5) is 26.2. The number of nitrogens with one attached hydrogen (secondary N) is 1. The number of carbonyl (C=O) groups is 2. The number of nitrogens with zero attached hydrogens (tertiary/aromatic N) is 1. The van der Waals surface area contributed by atoms with Crippen molar-refractivity contribution in [2.45, 2.75) is 39.7 Å². The van der Waals surface area contributed by atoms with Crippen molar-refractivity contribution in [2.24, 2.45) is 5.92 Å². The van der Waals surface area contributed by atoms with E-state index in [0.717, 1.165) is 17.0 Å². The summed E-state index contributed by atoms with van der Waals surface area (Å²) in [6.07, 6.45) is 1.33. The van der Waals surface area contributed by atoms with Crippen LogP contribution in [0.15, 0.2) is 18.2 Å². The third-order valence-electron chi connectivity index (χ3n) is 4.58. The Morgan fingerprint density at radius 2 is 2.00 bits per heavy atom. The largest absolute Gasteiger partial charge is 0.496 e. The van der Waals surface area contributed by atoms with Crippen molar-refractivity contribution in [3.63, 3.8) is 0 Å². The van der Waals surface area contributed by atoms with Gasteiger partial charge in [0.15, 0.2) is 0 Å². The molecule has 25 heavy (non-hydrogen) atoms. The first-order chi connectivity index (χ1) is 12.0. The molecular formula is C19H28N2O4. The second-order valence-corrected chi connectivity index (χ2v) is 6.40. The number of methoxy groups -OCH3 is 1. The van der Waals surface area contributed by atoms with Gasteiger partial charge in [-0.1, -0.05) is 0 Å². The number of likely N-dealkylation sites (tertiary alicyclic amines) is 1. The molecule has 0 bridgehead atoms. The smallest absolute Gasteiger partial charge is 0.309 e. The van der Waals surface area contributed by atoms with Crippen LogP contribution in [0.5, 0.6) is 5.75 Å². The maximum atomic E-state index is 12.6. The fraction of sp³-hybridized carbons (Fsp3) is 0.579. The summed E-state index contributed by atoms with van der Waals surface area (Å²) in [6.45, 7) is 7.23. The van der Waals surface area contributed by atoms with Gasteiger partial charge in [0.05, 0.1) is 19.6 Å². The number of carbonyl (C=O) groups excluding carboxylic acids is 2. The van der Waals surface area contributed by atoms with Gasteiger partial charge >= 0.3 is 5.97 Å². The maximum Gasteiger partial charge on any atom is 0.309 e. The minimum Gasteiger partial charge on any atom is -0.496 e. The van der Waals surface area contributed by atoms with Crippen LogP contribution < -0.4 is 10.1 Å². The summed E-state index contributed by atoms with van der Waals surface area (Å²) in [6, 6.07) is 5.43. The quantitative estimate of drug-likeness (QED) is 0.801. The van der Waals surface area contributed by atoms with E-state index in [1.807, 2.05) is 43.9 Å². The summed E-state index contributed by atoms with van der Waals surface area (Å²) in [7, 11) is 1.64. The predicted octanol–water partition coefficient (Wildman–Crippen LogP) is 2.61. The molecule has 0 spiro atoms. The zero-order chi connectivity index (χ0) is 18.4. The molecule has 2 rings (SSSR count). The first kappa shape index (κ1) is 19.1. The molecule has 1 unspecified atom stereocenters. The number of piperidine rings is 1. The Morgan fingerprint density at radius 3 is 2.56 bits per heavy atom. The molecule has 1 atom stereocenters. The monoisotopic (exact) mass is 348 g/mol. The number of ether oxygens (including phenoxy) is 2. The molecule has 1 amide bonds. The maximum absolute atomic E-state index is 12.6. The summed E-state index contributed by atoms with van der Waals surface area (Å²) in [5.41, 5.74) is 1.91. The molecule has 6 heteroatoms. The highest BCUT2D eigenvalue weighted by molar-refractivity contribution is 5.84. The van der Waals surface area contributed by atoms with E-state index in [-0.39, 0.29) is 23.8 Å². The highest BCUT2D eigenvalue weighted by Crippen LogP contribution is 2.23. The number of hydrogen-bond donors (Lipinski definition) is 1. The summed E-state index contributed by atoms with van der Waals surface area (Å²) in [5.74, 6) is 0.646. The van der Waals surface area contributed by atoms with Crippen molar-refractivity contribution >= 4 is 17.6 Å². The van der Waals surface area contributed by atoms with Crippen LogP contribution in [0.2, 0.25) is 0 Å². The third-order valence-corrected chi connectivity index (χ3v) is 4.58. The topological polar surface area (TPSA) is 67.9 Å². The first-order valence-corrected chi connectivity index (χ1v) is 8.82. The van der Waals surface area contributed by atoms with Gasteiger partial charge in [0.1, 0.15) is 11.8 Å². The Bertz CT molecular complexity index is 609. The van der Waals surface area contributed by atoms with Gasteiger partial charge < -0.3 is 19.7 Å². The first-order valence-electron chi connectivity index (χ1n) is 8.82. The van der Waals surface area contributed by atoms with Gasteiger partial charge in [-0.15, -0.1) is 0 Å². The van der Waals surface area contributed by atoms with Crippen molar-refractivity contribution in [1.29, 1.82) is 0 Å². The van der Waals surface area contributed by atoms with Gasteiger partial charge in [-0.25, -0.2) is 0 Å². The van der Waals surface area contributed by atoms with Gasteiger partial charge in [0.2, 0.25) is 5.91 Å². The van der Waals surface area contributed by atoms with Crippen molar-refractivity contribution in [3.8, 4) is 5.75 Å². The molecule has 1 fully saturated rings. The highest BCUT2D eigenvalue weighted by Gasteiger charge is 2.30. The number of benzene rings is 1. The normalized spacial score (nSPS) is 16.2. The molecule has 0 radical (unpaired) electrons. The lowest BCUT2D eigenvalue weighted by Gasteiger charge is -2.33. The van der Waals surface area contributed by atoms with Crippen molar-refractivity contribution in [1.82, 2.24) is 4.90 Å². The van der Waals surface area contributed by atoms with Crippen LogP contribution in [0, 0.1) is 12.8 Å². The molecule has 0 saturated carbocycles. The van der Waals surface area contributed by atoms with Crippen LogP contribution in [-0.4, -0.2) is 49.6 Å². The van der Waals surface area contributed by atoms with Crippen LogP contribution in [0.25, 0.3) is 0 Å². The van der Waals surface area contributed by atoms with Crippen LogP contribution in [0.4, 0.5) is 5.69 Å². The van der Waals surface area contributed by atoms with Gasteiger partial charge in [-0.05, 0) is 57.4 Å². The second kappa shape index (κ2) is 8.74. The molecule has 0 aliphatic carbocycles. The van der Waals surface area contributed by atoms with Gasteiger partial charge in [0, 0.05) is 18.8 Å². The van der Waals surface area contributed by atoms with E-state index in [0.29, 0.717) is 32.5 Å². The minimum atomic E-state index is -0.327. The SMILES string of the molecule is CCOC(=O)C1CCN(C(=O)C(C)Nc2ccc(OC)c(C)c2)CC1. The molecule has 1 N–H and O–H groups in total. The summed E-state index contributed by atoms with van der Waals surface area (Å²) >= 11 is 0. The molecule has 1 aromatic rings. The Labute approximate surface area is 149 Å². The molecule has 1 aliphatic rings. The van der Waals surface area contributed by atoms with Gasteiger partial charge in [-0.2, -0.15) is 0 Å². The number of esters is 1. The van der Waals surface area contributed by atoms with E-state index < -0.39 is 0 Å². The standard InChI is InChI=1S/C19H28N2O4/c1-5-25-19(23)15-8-10-21(11-9-15)18(22)14(3)20-16-6-7-17(24-4)13(2)12-16/h6-7,12,14-15,20H,5,8-11H2,1-4H3. The Morgan fingerprint density at radius 1 is 1.32 bits per heavy atom.